The van der Waals surface area contributed by atoms with E-state index >= 15 is 0 Å². The van der Waals surface area contributed by atoms with E-state index in [1.54, 1.807) is 6.92 Å². The number of carboxylic acids is 1. The van der Waals surface area contributed by atoms with Crippen molar-refractivity contribution in [1.82, 2.24) is 4.72 Å². The summed E-state index contributed by atoms with van der Waals surface area (Å²) in [6.45, 7) is 3.33. The standard InChI is InChI=1S/C11H17NO6S/c1-7(3-4-13)6-12-19(16,17)10-5-9(11(14)15)18-8(10)2/h5,7,12-13H,3-4,6H2,1-2H3,(H,14,15). The molecule has 0 bridgehead atoms. The van der Waals surface area contributed by atoms with Crippen LogP contribution in [0.3, 0.4) is 0 Å². The van der Waals surface area contributed by atoms with Gasteiger partial charge in [-0.05, 0) is 19.3 Å². The number of aryl methyl sites for hydroxylation is 1. The van der Waals surface area contributed by atoms with E-state index in [1.807, 2.05) is 0 Å². The maximum absolute atomic E-state index is 12.0. The molecule has 0 aliphatic heterocycles. The van der Waals surface area contributed by atoms with Crippen LogP contribution in [-0.4, -0.2) is 37.8 Å². The number of furan rings is 1. The second-order valence-electron chi connectivity index (χ2n) is 4.31. The lowest BCUT2D eigenvalue weighted by molar-refractivity contribution is 0.0661. The number of nitrogens with one attached hydrogen (secondary N) is 1. The SMILES string of the molecule is Cc1oc(C(=O)O)cc1S(=O)(=O)NCC(C)CCO. The zero-order valence-corrected chi connectivity index (χ0v) is 11.5. The fraction of sp³-hybridized carbons (Fsp3) is 0.545. The van der Waals surface area contributed by atoms with Crippen molar-refractivity contribution in [2.75, 3.05) is 13.2 Å². The first kappa shape index (κ1) is 15.7. The van der Waals surface area contributed by atoms with Crippen LogP contribution in [0.1, 0.15) is 29.7 Å². The molecule has 0 aliphatic rings. The molecule has 0 saturated carbocycles. The Labute approximate surface area is 111 Å². The van der Waals surface area contributed by atoms with Gasteiger partial charge in [0.15, 0.2) is 0 Å². The molecule has 0 saturated heterocycles. The second kappa shape index (κ2) is 6.18. The third-order valence-corrected chi connectivity index (χ3v) is 4.15. The van der Waals surface area contributed by atoms with E-state index in [0.717, 1.165) is 6.07 Å². The van der Waals surface area contributed by atoms with Crippen molar-refractivity contribution in [3.05, 3.63) is 17.6 Å². The molecule has 108 valence electrons. The van der Waals surface area contributed by atoms with Crippen LogP contribution in [0.25, 0.3) is 0 Å². The van der Waals surface area contributed by atoms with Crippen molar-refractivity contribution in [1.29, 1.82) is 0 Å². The van der Waals surface area contributed by atoms with E-state index in [0.29, 0.717) is 6.42 Å². The van der Waals surface area contributed by atoms with Crippen molar-refractivity contribution in [2.45, 2.75) is 25.2 Å². The molecule has 1 heterocycles. The Morgan fingerprint density at radius 1 is 1.53 bits per heavy atom. The number of hydrogen-bond acceptors (Lipinski definition) is 5. The highest BCUT2D eigenvalue weighted by atomic mass is 32.2. The summed E-state index contributed by atoms with van der Waals surface area (Å²) < 4.78 is 31.2. The number of sulfonamides is 1. The van der Waals surface area contributed by atoms with E-state index in [-0.39, 0.29) is 29.7 Å². The van der Waals surface area contributed by atoms with Gasteiger partial charge >= 0.3 is 5.97 Å². The number of hydrogen-bond donors (Lipinski definition) is 3. The summed E-state index contributed by atoms with van der Waals surface area (Å²) in [5.74, 6) is -1.73. The van der Waals surface area contributed by atoms with Gasteiger partial charge in [-0.1, -0.05) is 6.92 Å². The highest BCUT2D eigenvalue weighted by Gasteiger charge is 2.23. The van der Waals surface area contributed by atoms with E-state index in [9.17, 15) is 13.2 Å². The molecule has 0 aliphatic carbocycles. The molecule has 1 rings (SSSR count). The normalized spacial score (nSPS) is 13.4. The van der Waals surface area contributed by atoms with Crippen LogP contribution in [0.4, 0.5) is 0 Å². The maximum atomic E-state index is 12.0. The fourth-order valence-corrected chi connectivity index (χ4v) is 2.83. The van der Waals surface area contributed by atoms with Gasteiger partial charge < -0.3 is 14.6 Å². The van der Waals surface area contributed by atoms with Crippen LogP contribution in [0, 0.1) is 12.8 Å². The van der Waals surface area contributed by atoms with Crippen molar-refractivity contribution >= 4 is 16.0 Å². The molecule has 1 aromatic heterocycles. The van der Waals surface area contributed by atoms with Crippen LogP contribution in [0.2, 0.25) is 0 Å². The van der Waals surface area contributed by atoms with Gasteiger partial charge in [0.2, 0.25) is 15.8 Å². The third-order valence-electron chi connectivity index (χ3n) is 2.62. The maximum Gasteiger partial charge on any atom is 0.371 e. The molecule has 1 aromatic rings. The molecule has 0 spiro atoms. The quantitative estimate of drug-likeness (QED) is 0.676. The first-order valence-electron chi connectivity index (χ1n) is 5.72. The molecule has 19 heavy (non-hydrogen) atoms. The summed E-state index contributed by atoms with van der Waals surface area (Å²) in [6, 6.07) is 0.983. The summed E-state index contributed by atoms with van der Waals surface area (Å²) in [5.41, 5.74) is 0. The summed E-state index contributed by atoms with van der Waals surface area (Å²) in [7, 11) is -3.81. The Morgan fingerprint density at radius 2 is 2.16 bits per heavy atom. The monoisotopic (exact) mass is 291 g/mol. The first-order chi connectivity index (χ1) is 8.77. The predicted molar refractivity (Wildman–Crippen MR) is 66.5 cm³/mol. The Morgan fingerprint density at radius 3 is 2.63 bits per heavy atom. The predicted octanol–water partition coefficient (Wildman–Crippen LogP) is 0.583. The molecule has 8 heteroatoms. The summed E-state index contributed by atoms with van der Waals surface area (Å²) in [5, 5.41) is 17.5. The van der Waals surface area contributed by atoms with E-state index in [1.165, 1.54) is 6.92 Å². The highest BCUT2D eigenvalue weighted by molar-refractivity contribution is 7.89. The highest BCUT2D eigenvalue weighted by Crippen LogP contribution is 2.20. The number of rotatable bonds is 7. The van der Waals surface area contributed by atoms with Crippen molar-refractivity contribution in [2.24, 2.45) is 5.92 Å². The summed E-state index contributed by atoms with van der Waals surface area (Å²) in [6.07, 6.45) is 0.479. The van der Waals surface area contributed by atoms with Gasteiger partial charge in [0, 0.05) is 19.2 Å². The fourth-order valence-electron chi connectivity index (χ4n) is 1.49. The molecule has 0 amide bonds. The van der Waals surface area contributed by atoms with Gasteiger partial charge in [0.25, 0.3) is 0 Å². The summed E-state index contributed by atoms with van der Waals surface area (Å²) >= 11 is 0. The van der Waals surface area contributed by atoms with E-state index < -0.39 is 21.8 Å². The van der Waals surface area contributed by atoms with Crippen molar-refractivity contribution < 1.29 is 27.8 Å². The lowest BCUT2D eigenvalue weighted by Crippen LogP contribution is -2.29. The lowest BCUT2D eigenvalue weighted by atomic mass is 10.1. The average Bonchev–Trinajstić information content (AvgIpc) is 2.70. The van der Waals surface area contributed by atoms with Gasteiger partial charge in [-0.25, -0.2) is 17.9 Å². The molecule has 3 N–H and O–H groups in total. The molecule has 7 nitrogen and oxygen atoms in total. The minimum absolute atomic E-state index is 0.0171. The largest absolute Gasteiger partial charge is 0.475 e. The topological polar surface area (TPSA) is 117 Å². The van der Waals surface area contributed by atoms with Crippen molar-refractivity contribution in [3.63, 3.8) is 0 Å². The second-order valence-corrected chi connectivity index (χ2v) is 6.04. The van der Waals surface area contributed by atoms with Crippen LogP contribution in [-0.2, 0) is 10.0 Å². The van der Waals surface area contributed by atoms with E-state index in [2.05, 4.69) is 4.72 Å². The number of carboxylic acid groups (broad SMARTS) is 1. The van der Waals surface area contributed by atoms with Crippen LogP contribution in [0.15, 0.2) is 15.4 Å². The number of carbonyl (C=O) groups is 1. The zero-order valence-electron chi connectivity index (χ0n) is 10.7. The van der Waals surface area contributed by atoms with Gasteiger partial charge in [-0.15, -0.1) is 0 Å². The third kappa shape index (κ3) is 4.05. The van der Waals surface area contributed by atoms with Crippen LogP contribution in [0.5, 0.6) is 0 Å². The molecule has 0 fully saturated rings. The molecular weight excluding hydrogens is 274 g/mol. The van der Waals surface area contributed by atoms with Crippen molar-refractivity contribution in [3.8, 4) is 0 Å². The van der Waals surface area contributed by atoms with Crippen LogP contribution >= 0.6 is 0 Å². The van der Waals surface area contributed by atoms with Crippen LogP contribution < -0.4 is 4.72 Å². The van der Waals surface area contributed by atoms with Gasteiger partial charge in [-0.2, -0.15) is 0 Å². The Bertz CT molecular complexity index is 548. The minimum atomic E-state index is -3.81. The number of aliphatic hydroxyl groups excluding tert-OH is 1. The molecule has 1 atom stereocenters. The average molecular weight is 291 g/mol. The number of aliphatic hydroxyl groups is 1. The molecule has 1 unspecified atom stereocenters. The molecule has 0 radical (unpaired) electrons. The smallest absolute Gasteiger partial charge is 0.371 e. The summed E-state index contributed by atoms with van der Waals surface area (Å²) in [4.78, 5) is 10.5. The minimum Gasteiger partial charge on any atom is -0.475 e. The molecular formula is C11H17NO6S. The Hall–Kier alpha value is -1.38. The zero-order chi connectivity index (χ0) is 14.6. The van der Waals surface area contributed by atoms with E-state index in [4.69, 9.17) is 14.6 Å². The van der Waals surface area contributed by atoms with Gasteiger partial charge in [0.1, 0.15) is 10.7 Å². The lowest BCUT2D eigenvalue weighted by Gasteiger charge is -2.10. The van der Waals surface area contributed by atoms with Gasteiger partial charge in [-0.3, -0.25) is 0 Å². The Kier molecular flexibility index (Phi) is 5.10. The van der Waals surface area contributed by atoms with Gasteiger partial charge in [0.05, 0.1) is 0 Å². The molecule has 0 aromatic carbocycles. The Balaban J connectivity index is 2.86. The number of aromatic carboxylic acids is 1. The first-order valence-corrected chi connectivity index (χ1v) is 7.20.